The first-order valence-electron chi connectivity index (χ1n) is 7.47. The van der Waals surface area contributed by atoms with Crippen LogP contribution in [0.5, 0.6) is 0 Å². The Labute approximate surface area is 148 Å². The second-order valence-electron chi connectivity index (χ2n) is 5.15. The minimum atomic E-state index is -0.590. The third-order valence-corrected chi connectivity index (χ3v) is 3.94. The highest BCUT2D eigenvalue weighted by Crippen LogP contribution is 2.21. The molecule has 1 atom stereocenters. The van der Waals surface area contributed by atoms with Gasteiger partial charge < -0.3 is 10.1 Å². The van der Waals surface area contributed by atoms with E-state index in [0.717, 1.165) is 5.56 Å². The summed E-state index contributed by atoms with van der Waals surface area (Å²) in [4.78, 5) is 24.0. The van der Waals surface area contributed by atoms with Gasteiger partial charge in [-0.05, 0) is 30.2 Å². The lowest BCUT2D eigenvalue weighted by molar-refractivity contribution is -0.149. The molecule has 1 unspecified atom stereocenters. The standard InChI is InChI=1S/C18H17BrFNO3/c1-2-14(12-6-4-3-5-7-12)18(23)24-11-17(22)21-16-9-8-13(19)10-15(16)20/h3-10,14H,2,11H2,1H3,(H,21,22). The van der Waals surface area contributed by atoms with E-state index in [1.807, 2.05) is 37.3 Å². The van der Waals surface area contributed by atoms with Crippen molar-refractivity contribution in [1.29, 1.82) is 0 Å². The highest BCUT2D eigenvalue weighted by Gasteiger charge is 2.21. The van der Waals surface area contributed by atoms with E-state index < -0.39 is 30.2 Å². The Morgan fingerprint density at radius 2 is 1.92 bits per heavy atom. The predicted octanol–water partition coefficient (Wildman–Crippen LogP) is 4.26. The number of esters is 1. The van der Waals surface area contributed by atoms with E-state index in [2.05, 4.69) is 21.2 Å². The van der Waals surface area contributed by atoms with E-state index in [4.69, 9.17) is 4.74 Å². The monoisotopic (exact) mass is 393 g/mol. The molecule has 2 rings (SSSR count). The SMILES string of the molecule is CCC(C(=O)OCC(=O)Nc1ccc(Br)cc1F)c1ccccc1. The molecule has 0 radical (unpaired) electrons. The topological polar surface area (TPSA) is 55.4 Å². The van der Waals surface area contributed by atoms with Gasteiger partial charge in [-0.3, -0.25) is 9.59 Å². The van der Waals surface area contributed by atoms with Crippen molar-refractivity contribution in [1.82, 2.24) is 0 Å². The summed E-state index contributed by atoms with van der Waals surface area (Å²) in [6.45, 7) is 1.41. The summed E-state index contributed by atoms with van der Waals surface area (Å²) >= 11 is 3.14. The Morgan fingerprint density at radius 1 is 1.21 bits per heavy atom. The van der Waals surface area contributed by atoms with Gasteiger partial charge in [-0.25, -0.2) is 4.39 Å². The molecule has 4 nitrogen and oxygen atoms in total. The number of halogens is 2. The smallest absolute Gasteiger partial charge is 0.313 e. The molecule has 1 N–H and O–H groups in total. The molecule has 0 saturated heterocycles. The van der Waals surface area contributed by atoms with E-state index in [0.29, 0.717) is 10.9 Å². The van der Waals surface area contributed by atoms with E-state index >= 15 is 0 Å². The van der Waals surface area contributed by atoms with Gasteiger partial charge in [0.1, 0.15) is 5.82 Å². The Bertz CT molecular complexity index is 721. The number of hydrogen-bond donors (Lipinski definition) is 1. The molecule has 0 spiro atoms. The van der Waals surface area contributed by atoms with Gasteiger partial charge in [-0.2, -0.15) is 0 Å². The van der Waals surface area contributed by atoms with Crippen molar-refractivity contribution in [2.45, 2.75) is 19.3 Å². The summed E-state index contributed by atoms with van der Waals surface area (Å²) in [5.41, 5.74) is 0.874. The lowest BCUT2D eigenvalue weighted by Crippen LogP contribution is -2.24. The van der Waals surface area contributed by atoms with Crippen molar-refractivity contribution in [3.8, 4) is 0 Å². The van der Waals surface area contributed by atoms with Gasteiger partial charge in [0.2, 0.25) is 0 Å². The van der Waals surface area contributed by atoms with Crippen molar-refractivity contribution < 1.29 is 18.7 Å². The summed E-state index contributed by atoms with van der Waals surface area (Å²) in [5, 5.41) is 2.38. The quantitative estimate of drug-likeness (QED) is 0.745. The van der Waals surface area contributed by atoms with Crippen molar-refractivity contribution in [3.05, 3.63) is 64.4 Å². The van der Waals surface area contributed by atoms with Crippen LogP contribution >= 0.6 is 15.9 Å². The average molecular weight is 394 g/mol. The van der Waals surface area contributed by atoms with Crippen LogP contribution in [-0.2, 0) is 14.3 Å². The summed E-state index contributed by atoms with van der Waals surface area (Å²) in [6.07, 6.45) is 0.561. The molecular weight excluding hydrogens is 377 g/mol. The van der Waals surface area contributed by atoms with E-state index in [1.54, 1.807) is 6.07 Å². The number of nitrogens with one attached hydrogen (secondary N) is 1. The Hall–Kier alpha value is -2.21. The van der Waals surface area contributed by atoms with Crippen LogP contribution in [0, 0.1) is 5.82 Å². The molecule has 0 saturated carbocycles. The summed E-state index contributed by atoms with van der Waals surface area (Å²) in [6, 6.07) is 13.5. The van der Waals surface area contributed by atoms with E-state index in [-0.39, 0.29) is 5.69 Å². The molecule has 0 aliphatic carbocycles. The number of carbonyl (C=O) groups excluding carboxylic acids is 2. The number of carbonyl (C=O) groups is 2. The predicted molar refractivity (Wildman–Crippen MR) is 93.2 cm³/mol. The zero-order valence-corrected chi connectivity index (χ0v) is 14.7. The number of hydrogen-bond acceptors (Lipinski definition) is 3. The maximum Gasteiger partial charge on any atom is 0.313 e. The molecule has 0 fully saturated rings. The zero-order chi connectivity index (χ0) is 17.5. The molecule has 24 heavy (non-hydrogen) atoms. The Balaban J connectivity index is 1.92. The summed E-state index contributed by atoms with van der Waals surface area (Å²) in [7, 11) is 0. The third-order valence-electron chi connectivity index (χ3n) is 3.45. The fourth-order valence-electron chi connectivity index (χ4n) is 2.24. The zero-order valence-electron chi connectivity index (χ0n) is 13.1. The molecule has 0 bridgehead atoms. The van der Waals surface area contributed by atoms with Crippen LogP contribution in [-0.4, -0.2) is 18.5 Å². The first kappa shape index (κ1) is 18.1. The number of amides is 1. The van der Waals surface area contributed by atoms with Crippen LogP contribution in [0.1, 0.15) is 24.8 Å². The van der Waals surface area contributed by atoms with Gasteiger partial charge in [0.15, 0.2) is 6.61 Å². The molecule has 2 aromatic rings. The second kappa shape index (κ2) is 8.59. The molecule has 0 aromatic heterocycles. The number of benzene rings is 2. The van der Waals surface area contributed by atoms with Crippen LogP contribution in [0.25, 0.3) is 0 Å². The van der Waals surface area contributed by atoms with Crippen LogP contribution < -0.4 is 5.32 Å². The average Bonchev–Trinajstić information content (AvgIpc) is 2.57. The van der Waals surface area contributed by atoms with Gasteiger partial charge >= 0.3 is 5.97 Å². The van der Waals surface area contributed by atoms with E-state index in [9.17, 15) is 14.0 Å². The van der Waals surface area contributed by atoms with Gasteiger partial charge in [0.05, 0.1) is 11.6 Å². The molecule has 6 heteroatoms. The van der Waals surface area contributed by atoms with Crippen molar-refractivity contribution in [2.24, 2.45) is 0 Å². The van der Waals surface area contributed by atoms with Gasteiger partial charge in [-0.1, -0.05) is 53.2 Å². The van der Waals surface area contributed by atoms with Crippen molar-refractivity contribution in [3.63, 3.8) is 0 Å². The molecule has 1 amide bonds. The minimum absolute atomic E-state index is 0.0364. The highest BCUT2D eigenvalue weighted by atomic mass is 79.9. The van der Waals surface area contributed by atoms with Crippen LogP contribution in [0.3, 0.4) is 0 Å². The van der Waals surface area contributed by atoms with E-state index in [1.165, 1.54) is 12.1 Å². The molecule has 0 heterocycles. The largest absolute Gasteiger partial charge is 0.455 e. The second-order valence-corrected chi connectivity index (χ2v) is 6.07. The number of anilines is 1. The fourth-order valence-corrected chi connectivity index (χ4v) is 2.57. The third kappa shape index (κ3) is 4.89. The summed E-state index contributed by atoms with van der Waals surface area (Å²) in [5.74, 6) is -2.06. The highest BCUT2D eigenvalue weighted by molar-refractivity contribution is 9.10. The number of ether oxygens (including phenoxy) is 1. The Kier molecular flexibility index (Phi) is 6.49. The fraction of sp³-hybridized carbons (Fsp3) is 0.222. The first-order valence-corrected chi connectivity index (χ1v) is 8.27. The van der Waals surface area contributed by atoms with Gasteiger partial charge in [-0.15, -0.1) is 0 Å². The van der Waals surface area contributed by atoms with Crippen LogP contribution in [0.4, 0.5) is 10.1 Å². The molecule has 0 aliphatic rings. The molecule has 2 aromatic carbocycles. The number of rotatable bonds is 6. The van der Waals surface area contributed by atoms with Gasteiger partial charge in [0, 0.05) is 4.47 Å². The lowest BCUT2D eigenvalue weighted by Gasteiger charge is -2.14. The summed E-state index contributed by atoms with van der Waals surface area (Å²) < 4.78 is 19.3. The van der Waals surface area contributed by atoms with Crippen molar-refractivity contribution >= 4 is 33.5 Å². The van der Waals surface area contributed by atoms with Crippen molar-refractivity contribution in [2.75, 3.05) is 11.9 Å². The maximum absolute atomic E-state index is 13.7. The maximum atomic E-state index is 13.7. The minimum Gasteiger partial charge on any atom is -0.455 e. The molecule has 0 aliphatic heterocycles. The lowest BCUT2D eigenvalue weighted by atomic mass is 9.97. The Morgan fingerprint density at radius 3 is 2.54 bits per heavy atom. The van der Waals surface area contributed by atoms with Gasteiger partial charge in [0.25, 0.3) is 5.91 Å². The molecular formula is C18H17BrFNO3. The molecule has 126 valence electrons. The first-order chi connectivity index (χ1) is 11.5. The van der Waals surface area contributed by atoms with Crippen LogP contribution in [0.15, 0.2) is 53.0 Å². The normalized spacial score (nSPS) is 11.6. The van der Waals surface area contributed by atoms with Crippen LogP contribution in [0.2, 0.25) is 0 Å².